The molecule has 1 aromatic heterocycles. The fourth-order valence-electron chi connectivity index (χ4n) is 4.29. The van der Waals surface area contributed by atoms with Crippen LogP contribution in [0, 0.1) is 13.8 Å². The van der Waals surface area contributed by atoms with Gasteiger partial charge in [0.2, 0.25) is 5.89 Å². The topological polar surface area (TPSA) is 49.6 Å². The van der Waals surface area contributed by atoms with Gasteiger partial charge in [0.15, 0.2) is 5.69 Å². The summed E-state index contributed by atoms with van der Waals surface area (Å²) >= 11 is 0. The fraction of sp³-hybridized carbons (Fsp3) is 0.267. The van der Waals surface area contributed by atoms with Gasteiger partial charge in [-0.2, -0.15) is 0 Å². The van der Waals surface area contributed by atoms with E-state index in [2.05, 4.69) is 73.1 Å². The molecule has 4 rings (SSSR count). The Morgan fingerprint density at radius 2 is 1.60 bits per heavy atom. The average molecular weight is 468 g/mol. The first-order valence-corrected chi connectivity index (χ1v) is 12.0. The van der Waals surface area contributed by atoms with Gasteiger partial charge in [0.05, 0.1) is 6.54 Å². The highest BCUT2D eigenvalue weighted by molar-refractivity contribution is 5.91. The number of hydrogen-bond acceptors (Lipinski definition) is 4. The molecule has 5 nitrogen and oxygen atoms in total. The molecule has 1 heterocycles. The summed E-state index contributed by atoms with van der Waals surface area (Å²) in [6, 6.07) is 27.1. The van der Waals surface area contributed by atoms with Crippen LogP contribution in [0.4, 0.5) is 0 Å². The van der Waals surface area contributed by atoms with Gasteiger partial charge in [-0.25, -0.2) is 4.98 Å². The lowest BCUT2D eigenvalue weighted by Crippen LogP contribution is -2.28. The molecule has 0 radical (unpaired) electrons. The zero-order valence-electron chi connectivity index (χ0n) is 20.9. The molecule has 0 spiro atoms. The van der Waals surface area contributed by atoms with Crippen molar-refractivity contribution in [1.29, 1.82) is 0 Å². The van der Waals surface area contributed by atoms with Crippen molar-refractivity contribution >= 4 is 5.91 Å². The third-order valence-corrected chi connectivity index (χ3v) is 6.42. The largest absolute Gasteiger partial charge is 0.447 e. The second-order valence-electron chi connectivity index (χ2n) is 9.19. The minimum absolute atomic E-state index is 0.142. The summed E-state index contributed by atoms with van der Waals surface area (Å²) in [5, 5.41) is 0. The van der Waals surface area contributed by atoms with E-state index >= 15 is 0 Å². The first-order valence-electron chi connectivity index (χ1n) is 12.0. The lowest BCUT2D eigenvalue weighted by Gasteiger charge is -2.29. The van der Waals surface area contributed by atoms with Gasteiger partial charge in [-0.15, -0.1) is 0 Å². The highest BCUT2D eigenvalue weighted by Crippen LogP contribution is 2.26. The maximum absolute atomic E-state index is 13.0. The summed E-state index contributed by atoms with van der Waals surface area (Å²) in [5.41, 5.74) is 6.41. The Kier molecular flexibility index (Phi) is 7.78. The Balaban J connectivity index is 1.52. The molecule has 0 saturated heterocycles. The van der Waals surface area contributed by atoms with Crippen molar-refractivity contribution in [3.8, 4) is 0 Å². The van der Waals surface area contributed by atoms with Crippen LogP contribution in [0.1, 0.15) is 57.2 Å². The van der Waals surface area contributed by atoms with Crippen LogP contribution in [0.2, 0.25) is 0 Å². The van der Waals surface area contributed by atoms with Crippen LogP contribution in [0.5, 0.6) is 0 Å². The Labute approximate surface area is 208 Å². The van der Waals surface area contributed by atoms with Gasteiger partial charge in [0, 0.05) is 26.2 Å². The molecule has 0 aliphatic rings. The number of nitrogens with zero attached hydrogens (tertiary/aromatic N) is 3. The normalized spacial score (nSPS) is 12.0. The van der Waals surface area contributed by atoms with Crippen molar-refractivity contribution < 1.29 is 9.21 Å². The summed E-state index contributed by atoms with van der Waals surface area (Å²) in [6.45, 7) is 8.23. The minimum atomic E-state index is -0.152. The predicted molar refractivity (Wildman–Crippen MR) is 139 cm³/mol. The molecular formula is C30H33N3O2. The third kappa shape index (κ3) is 6.25. The Bertz CT molecular complexity index is 1250. The van der Waals surface area contributed by atoms with E-state index in [0.717, 1.165) is 12.1 Å². The van der Waals surface area contributed by atoms with Crippen LogP contribution in [0.15, 0.2) is 89.5 Å². The van der Waals surface area contributed by atoms with Crippen LogP contribution >= 0.6 is 0 Å². The van der Waals surface area contributed by atoms with Crippen molar-refractivity contribution in [2.45, 2.75) is 46.4 Å². The van der Waals surface area contributed by atoms with E-state index in [-0.39, 0.29) is 11.9 Å². The van der Waals surface area contributed by atoms with Gasteiger partial charge in [-0.1, -0.05) is 84.4 Å². The van der Waals surface area contributed by atoms with E-state index < -0.39 is 0 Å². The van der Waals surface area contributed by atoms with Gasteiger partial charge in [-0.3, -0.25) is 9.69 Å². The van der Waals surface area contributed by atoms with Crippen LogP contribution in [0.3, 0.4) is 0 Å². The molecule has 0 N–H and O–H groups in total. The number of carbonyl (C=O) groups is 1. The van der Waals surface area contributed by atoms with Crippen molar-refractivity contribution in [3.05, 3.63) is 125 Å². The molecule has 0 aliphatic carbocycles. The van der Waals surface area contributed by atoms with E-state index in [9.17, 15) is 4.79 Å². The minimum Gasteiger partial charge on any atom is -0.447 e. The molecule has 3 aromatic carbocycles. The summed E-state index contributed by atoms with van der Waals surface area (Å²) in [5.74, 6) is 0.384. The molecular weight excluding hydrogens is 434 g/mol. The van der Waals surface area contributed by atoms with Crippen molar-refractivity contribution in [1.82, 2.24) is 14.8 Å². The summed E-state index contributed by atoms with van der Waals surface area (Å²) < 4.78 is 5.79. The number of aromatic nitrogens is 1. The molecule has 0 bridgehead atoms. The van der Waals surface area contributed by atoms with E-state index in [0.29, 0.717) is 24.7 Å². The van der Waals surface area contributed by atoms with Gasteiger partial charge in [0.25, 0.3) is 5.91 Å². The van der Waals surface area contributed by atoms with Crippen molar-refractivity contribution in [2.75, 3.05) is 7.05 Å². The first-order chi connectivity index (χ1) is 16.9. The van der Waals surface area contributed by atoms with Crippen LogP contribution in [0.25, 0.3) is 0 Å². The summed E-state index contributed by atoms with van der Waals surface area (Å²) in [7, 11) is 1.79. The molecule has 1 amide bonds. The lowest BCUT2D eigenvalue weighted by atomic mass is 10.0. The quantitative estimate of drug-likeness (QED) is 0.289. The molecule has 0 fully saturated rings. The van der Waals surface area contributed by atoms with Crippen molar-refractivity contribution in [2.24, 2.45) is 0 Å². The summed E-state index contributed by atoms with van der Waals surface area (Å²) in [6.07, 6.45) is 1.47. The highest BCUT2D eigenvalue weighted by atomic mass is 16.3. The molecule has 180 valence electrons. The molecule has 0 unspecified atom stereocenters. The standard InChI is InChI=1S/C30H33N3O2/c1-22-15-16-27(23(2)17-22)19-33(24(3)26-13-9-6-10-14-26)20-29-31-28(21-35-29)30(34)32(4)18-25-11-7-5-8-12-25/h5-17,21,24H,18-20H2,1-4H3/t24-/m0/s1. The lowest BCUT2D eigenvalue weighted by molar-refractivity contribution is 0.0779. The monoisotopic (exact) mass is 467 g/mol. The smallest absolute Gasteiger partial charge is 0.275 e. The van der Waals surface area contributed by atoms with Crippen molar-refractivity contribution in [3.63, 3.8) is 0 Å². The molecule has 4 aromatic rings. The maximum Gasteiger partial charge on any atom is 0.275 e. The van der Waals surface area contributed by atoms with E-state index in [4.69, 9.17) is 4.42 Å². The highest BCUT2D eigenvalue weighted by Gasteiger charge is 2.22. The average Bonchev–Trinajstić information content (AvgIpc) is 3.34. The van der Waals surface area contributed by atoms with Gasteiger partial charge in [-0.05, 0) is 43.0 Å². The van der Waals surface area contributed by atoms with Gasteiger partial charge in [0.1, 0.15) is 6.26 Å². The number of carbonyl (C=O) groups excluding carboxylic acids is 1. The first kappa shape index (κ1) is 24.4. The van der Waals surface area contributed by atoms with E-state index in [1.165, 1.54) is 28.5 Å². The molecule has 0 saturated carbocycles. The van der Waals surface area contributed by atoms with E-state index in [1.807, 2.05) is 36.4 Å². The second kappa shape index (κ2) is 11.2. The molecule has 1 atom stereocenters. The predicted octanol–water partition coefficient (Wildman–Crippen LogP) is 6.33. The van der Waals surface area contributed by atoms with Gasteiger partial charge < -0.3 is 9.32 Å². The van der Waals surface area contributed by atoms with Gasteiger partial charge >= 0.3 is 0 Å². The molecule has 5 heteroatoms. The number of hydrogen-bond donors (Lipinski definition) is 0. The maximum atomic E-state index is 13.0. The third-order valence-electron chi connectivity index (χ3n) is 6.42. The van der Waals surface area contributed by atoms with E-state index in [1.54, 1.807) is 11.9 Å². The fourth-order valence-corrected chi connectivity index (χ4v) is 4.29. The summed E-state index contributed by atoms with van der Waals surface area (Å²) in [4.78, 5) is 21.5. The Hall–Kier alpha value is -3.70. The van der Waals surface area contributed by atoms with Crippen LogP contribution < -0.4 is 0 Å². The Morgan fingerprint density at radius 1 is 0.914 bits per heavy atom. The number of amides is 1. The zero-order valence-corrected chi connectivity index (χ0v) is 20.9. The van der Waals surface area contributed by atoms with Crippen LogP contribution in [-0.2, 0) is 19.6 Å². The SMILES string of the molecule is Cc1ccc(CN(Cc2nc(C(=O)N(C)Cc3ccccc3)co2)[C@@H](C)c2ccccc2)c(C)c1. The number of aryl methyl sites for hydroxylation is 2. The molecule has 0 aliphatic heterocycles. The molecule has 35 heavy (non-hydrogen) atoms. The second-order valence-corrected chi connectivity index (χ2v) is 9.19. The van der Waals surface area contributed by atoms with Crippen LogP contribution in [-0.4, -0.2) is 27.7 Å². The number of benzene rings is 3. The number of oxazole rings is 1. The number of rotatable bonds is 9. The zero-order chi connectivity index (χ0) is 24.8. The Morgan fingerprint density at radius 3 is 2.29 bits per heavy atom.